The number of nitrogens with one attached hydrogen (secondary N) is 1. The van der Waals surface area contributed by atoms with Crippen molar-refractivity contribution in [3.05, 3.63) is 71.8 Å². The number of amidine groups is 1. The first-order valence-electron chi connectivity index (χ1n) is 7.36. The Bertz CT molecular complexity index is 510. The second kappa shape index (κ2) is 7.60. The van der Waals surface area contributed by atoms with Crippen molar-refractivity contribution in [3.8, 4) is 0 Å². The van der Waals surface area contributed by atoms with Crippen LogP contribution in [-0.2, 0) is 13.1 Å². The van der Waals surface area contributed by atoms with E-state index in [0.717, 1.165) is 19.5 Å². The van der Waals surface area contributed by atoms with Crippen LogP contribution in [-0.4, -0.2) is 16.8 Å². The molecule has 1 atom stereocenters. The molecule has 21 heavy (non-hydrogen) atoms. The molecular formula is C18H23N3. The lowest BCUT2D eigenvalue weighted by molar-refractivity contribution is 0.217. The van der Waals surface area contributed by atoms with Crippen molar-refractivity contribution in [1.82, 2.24) is 4.90 Å². The molecule has 0 saturated heterocycles. The zero-order chi connectivity index (χ0) is 15.1. The molecule has 0 aliphatic heterocycles. The van der Waals surface area contributed by atoms with E-state index in [1.807, 2.05) is 36.4 Å². The van der Waals surface area contributed by atoms with E-state index in [0.29, 0.717) is 0 Å². The van der Waals surface area contributed by atoms with Crippen LogP contribution in [0.3, 0.4) is 0 Å². The van der Waals surface area contributed by atoms with Gasteiger partial charge in [0.25, 0.3) is 0 Å². The Morgan fingerprint density at radius 3 is 1.71 bits per heavy atom. The molecule has 0 spiro atoms. The Balaban J connectivity index is 2.19. The topological polar surface area (TPSA) is 53.1 Å². The van der Waals surface area contributed by atoms with E-state index < -0.39 is 0 Å². The van der Waals surface area contributed by atoms with Gasteiger partial charge in [0.05, 0.1) is 6.04 Å². The monoisotopic (exact) mass is 281 g/mol. The minimum Gasteiger partial charge on any atom is -0.386 e. The Labute approximate surface area is 126 Å². The summed E-state index contributed by atoms with van der Waals surface area (Å²) in [5.74, 6) is 0.240. The van der Waals surface area contributed by atoms with Crippen molar-refractivity contribution >= 4 is 5.84 Å². The van der Waals surface area contributed by atoms with Crippen molar-refractivity contribution in [1.29, 1.82) is 5.41 Å². The van der Waals surface area contributed by atoms with E-state index in [-0.39, 0.29) is 11.9 Å². The van der Waals surface area contributed by atoms with E-state index in [1.165, 1.54) is 11.1 Å². The van der Waals surface area contributed by atoms with E-state index in [2.05, 4.69) is 36.1 Å². The van der Waals surface area contributed by atoms with Crippen LogP contribution in [0.15, 0.2) is 60.7 Å². The van der Waals surface area contributed by atoms with Crippen molar-refractivity contribution in [3.63, 3.8) is 0 Å². The molecule has 2 aromatic rings. The summed E-state index contributed by atoms with van der Waals surface area (Å²) in [5, 5.41) is 7.85. The summed E-state index contributed by atoms with van der Waals surface area (Å²) in [7, 11) is 0. The maximum Gasteiger partial charge on any atom is 0.108 e. The average Bonchev–Trinajstić information content (AvgIpc) is 2.49. The first kappa shape index (κ1) is 15.3. The Morgan fingerprint density at radius 2 is 1.38 bits per heavy atom. The van der Waals surface area contributed by atoms with E-state index in [9.17, 15) is 0 Å². The highest BCUT2D eigenvalue weighted by molar-refractivity contribution is 5.82. The van der Waals surface area contributed by atoms with Crippen LogP contribution in [0.4, 0.5) is 0 Å². The van der Waals surface area contributed by atoms with Gasteiger partial charge in [0.2, 0.25) is 0 Å². The molecule has 0 heterocycles. The lowest BCUT2D eigenvalue weighted by Crippen LogP contribution is -2.43. The predicted molar refractivity (Wildman–Crippen MR) is 88.1 cm³/mol. The third-order valence-electron chi connectivity index (χ3n) is 3.64. The summed E-state index contributed by atoms with van der Waals surface area (Å²) >= 11 is 0. The highest BCUT2D eigenvalue weighted by atomic mass is 15.2. The zero-order valence-electron chi connectivity index (χ0n) is 12.5. The minimum absolute atomic E-state index is 0.0228. The molecule has 2 rings (SSSR count). The lowest BCUT2D eigenvalue weighted by Gasteiger charge is -2.30. The SMILES string of the molecule is CCC(C(=N)N)N(Cc1ccccc1)Cc1ccccc1. The van der Waals surface area contributed by atoms with Gasteiger partial charge in [0.15, 0.2) is 0 Å². The van der Waals surface area contributed by atoms with Crippen LogP contribution in [0.5, 0.6) is 0 Å². The van der Waals surface area contributed by atoms with Gasteiger partial charge in [-0.15, -0.1) is 0 Å². The molecule has 0 bridgehead atoms. The van der Waals surface area contributed by atoms with E-state index in [4.69, 9.17) is 11.1 Å². The maximum absolute atomic E-state index is 7.85. The van der Waals surface area contributed by atoms with Gasteiger partial charge >= 0.3 is 0 Å². The van der Waals surface area contributed by atoms with Crippen molar-refractivity contribution in [2.24, 2.45) is 5.73 Å². The van der Waals surface area contributed by atoms with Gasteiger partial charge in [-0.2, -0.15) is 0 Å². The predicted octanol–water partition coefficient (Wildman–Crippen LogP) is 3.40. The summed E-state index contributed by atoms with van der Waals surface area (Å²) in [6.45, 7) is 3.68. The number of nitrogens with zero attached hydrogens (tertiary/aromatic N) is 1. The van der Waals surface area contributed by atoms with Gasteiger partial charge in [-0.05, 0) is 17.5 Å². The third kappa shape index (κ3) is 4.43. The van der Waals surface area contributed by atoms with Gasteiger partial charge in [-0.1, -0.05) is 67.6 Å². The standard InChI is InChI=1S/C18H23N3/c1-2-17(18(19)20)21(13-15-9-5-3-6-10-15)14-16-11-7-4-8-12-16/h3-12,17H,2,13-14H2,1H3,(H3,19,20). The van der Waals surface area contributed by atoms with E-state index >= 15 is 0 Å². The highest BCUT2D eigenvalue weighted by Gasteiger charge is 2.20. The molecule has 3 heteroatoms. The van der Waals surface area contributed by atoms with Crippen molar-refractivity contribution < 1.29 is 0 Å². The van der Waals surface area contributed by atoms with Crippen LogP contribution < -0.4 is 5.73 Å². The van der Waals surface area contributed by atoms with Crippen LogP contribution >= 0.6 is 0 Å². The molecule has 2 aromatic carbocycles. The fourth-order valence-corrected chi connectivity index (χ4v) is 2.59. The highest BCUT2D eigenvalue weighted by Crippen LogP contribution is 2.15. The summed E-state index contributed by atoms with van der Waals surface area (Å²) in [6.07, 6.45) is 0.842. The third-order valence-corrected chi connectivity index (χ3v) is 3.64. The molecule has 110 valence electrons. The zero-order valence-corrected chi connectivity index (χ0v) is 12.5. The lowest BCUT2D eigenvalue weighted by atomic mass is 10.1. The molecular weight excluding hydrogens is 258 g/mol. The molecule has 1 unspecified atom stereocenters. The normalized spacial score (nSPS) is 12.3. The van der Waals surface area contributed by atoms with Crippen LogP contribution in [0.1, 0.15) is 24.5 Å². The van der Waals surface area contributed by atoms with Crippen molar-refractivity contribution in [2.45, 2.75) is 32.5 Å². The van der Waals surface area contributed by atoms with Gasteiger partial charge in [0.1, 0.15) is 5.84 Å². The average molecular weight is 281 g/mol. The largest absolute Gasteiger partial charge is 0.386 e. The molecule has 0 aliphatic rings. The fraction of sp³-hybridized carbons (Fsp3) is 0.278. The number of nitrogens with two attached hydrogens (primary N) is 1. The molecule has 0 radical (unpaired) electrons. The quantitative estimate of drug-likeness (QED) is 0.603. The second-order valence-electron chi connectivity index (χ2n) is 5.26. The molecule has 3 nitrogen and oxygen atoms in total. The van der Waals surface area contributed by atoms with Gasteiger partial charge in [-0.25, -0.2) is 0 Å². The smallest absolute Gasteiger partial charge is 0.108 e. The summed E-state index contributed by atoms with van der Waals surface area (Å²) in [4.78, 5) is 2.27. The minimum atomic E-state index is -0.0228. The van der Waals surface area contributed by atoms with Gasteiger partial charge in [-0.3, -0.25) is 10.3 Å². The fourth-order valence-electron chi connectivity index (χ4n) is 2.59. The van der Waals surface area contributed by atoms with Crippen molar-refractivity contribution in [2.75, 3.05) is 0 Å². The summed E-state index contributed by atoms with van der Waals surface area (Å²) in [5.41, 5.74) is 8.28. The van der Waals surface area contributed by atoms with E-state index in [1.54, 1.807) is 0 Å². The van der Waals surface area contributed by atoms with Crippen LogP contribution in [0.25, 0.3) is 0 Å². The molecule has 0 aliphatic carbocycles. The Kier molecular flexibility index (Phi) is 5.52. The van der Waals surface area contributed by atoms with Crippen LogP contribution in [0, 0.1) is 5.41 Å². The first-order chi connectivity index (χ1) is 10.2. The molecule has 0 saturated carbocycles. The first-order valence-corrected chi connectivity index (χ1v) is 7.36. The Hall–Kier alpha value is -2.13. The molecule has 0 fully saturated rings. The molecule has 0 aromatic heterocycles. The number of benzene rings is 2. The number of hydrogen-bond donors (Lipinski definition) is 2. The van der Waals surface area contributed by atoms with Crippen LogP contribution in [0.2, 0.25) is 0 Å². The van der Waals surface area contributed by atoms with Gasteiger partial charge in [0, 0.05) is 13.1 Å². The molecule has 3 N–H and O–H groups in total. The Morgan fingerprint density at radius 1 is 0.952 bits per heavy atom. The maximum atomic E-state index is 7.85. The molecule has 0 amide bonds. The summed E-state index contributed by atoms with van der Waals surface area (Å²) < 4.78 is 0. The number of hydrogen-bond acceptors (Lipinski definition) is 2. The van der Waals surface area contributed by atoms with Gasteiger partial charge < -0.3 is 5.73 Å². The summed E-state index contributed by atoms with van der Waals surface area (Å²) in [6, 6.07) is 20.7. The number of rotatable bonds is 7. The second-order valence-corrected chi connectivity index (χ2v) is 5.26.